The number of benzene rings is 2. The number of hydrogen-bond donors (Lipinski definition) is 0. The van der Waals surface area contributed by atoms with Crippen molar-refractivity contribution in [2.24, 2.45) is 0 Å². The molecule has 0 N–H and O–H groups in total. The van der Waals surface area contributed by atoms with E-state index in [-0.39, 0.29) is 21.2 Å². The minimum absolute atomic E-state index is 0.107. The third-order valence-electron chi connectivity index (χ3n) is 3.31. The number of Topliss-reactive ketones (excluding diaryl/α,β-unsaturated/α-hetero) is 2. The van der Waals surface area contributed by atoms with Crippen molar-refractivity contribution in [2.45, 2.75) is 5.92 Å². The molecule has 0 amide bonds. The van der Waals surface area contributed by atoms with E-state index in [1.54, 1.807) is 12.1 Å². The summed E-state index contributed by atoms with van der Waals surface area (Å²) in [6.45, 7) is 0. The Labute approximate surface area is 121 Å². The Bertz CT molecular complexity index is 721. The van der Waals surface area contributed by atoms with Crippen LogP contribution >= 0.6 is 15.9 Å². The average molecular weight is 337 g/mol. The Balaban J connectivity index is 2.19. The highest BCUT2D eigenvalue weighted by atomic mass is 79.9. The molecule has 0 heterocycles. The predicted molar refractivity (Wildman–Crippen MR) is 71.9 cm³/mol. The molecule has 0 spiro atoms. The monoisotopic (exact) mass is 336 g/mol. The molecular formula is C15H7BrF2O2. The molecule has 0 saturated heterocycles. The second-order valence-electron chi connectivity index (χ2n) is 4.50. The third-order valence-corrected chi connectivity index (χ3v) is 3.89. The van der Waals surface area contributed by atoms with E-state index in [4.69, 9.17) is 0 Å². The van der Waals surface area contributed by atoms with E-state index in [0.717, 1.165) is 12.1 Å². The van der Waals surface area contributed by atoms with Crippen LogP contribution in [0.5, 0.6) is 0 Å². The maximum Gasteiger partial charge on any atom is 0.178 e. The lowest BCUT2D eigenvalue weighted by Crippen LogP contribution is -2.15. The first kappa shape index (κ1) is 13.1. The van der Waals surface area contributed by atoms with Crippen molar-refractivity contribution in [3.05, 3.63) is 69.2 Å². The summed E-state index contributed by atoms with van der Waals surface area (Å²) >= 11 is 2.88. The Kier molecular flexibility index (Phi) is 3.01. The maximum atomic E-state index is 14.1. The van der Waals surface area contributed by atoms with Gasteiger partial charge in [-0.2, -0.15) is 0 Å². The van der Waals surface area contributed by atoms with E-state index in [1.807, 2.05) is 0 Å². The molecule has 0 unspecified atom stereocenters. The van der Waals surface area contributed by atoms with Gasteiger partial charge in [-0.3, -0.25) is 9.59 Å². The SMILES string of the molecule is O=C1c2ccccc2C(=O)C1c1cc(F)cc(Br)c1F. The van der Waals surface area contributed by atoms with Crippen molar-refractivity contribution >= 4 is 27.5 Å². The average Bonchev–Trinajstić information content (AvgIpc) is 2.67. The van der Waals surface area contributed by atoms with Gasteiger partial charge in [0, 0.05) is 16.7 Å². The van der Waals surface area contributed by atoms with Gasteiger partial charge in [0.1, 0.15) is 17.6 Å². The standard InChI is InChI=1S/C15H7BrF2O2/c16-11-6-7(17)5-10(13(11)18)12-14(19)8-3-1-2-4-9(8)15(12)20/h1-6,12H. The first-order valence-electron chi connectivity index (χ1n) is 5.82. The smallest absolute Gasteiger partial charge is 0.178 e. The zero-order chi connectivity index (χ0) is 14.4. The lowest BCUT2D eigenvalue weighted by molar-refractivity contribution is 0.0887. The van der Waals surface area contributed by atoms with E-state index in [1.165, 1.54) is 12.1 Å². The molecule has 0 aliphatic heterocycles. The zero-order valence-electron chi connectivity index (χ0n) is 9.99. The van der Waals surface area contributed by atoms with Gasteiger partial charge in [0.05, 0.1) is 4.47 Å². The van der Waals surface area contributed by atoms with Gasteiger partial charge in [0.25, 0.3) is 0 Å². The summed E-state index contributed by atoms with van der Waals surface area (Å²) in [6, 6.07) is 8.14. The molecule has 0 aromatic heterocycles. The fourth-order valence-electron chi connectivity index (χ4n) is 2.41. The van der Waals surface area contributed by atoms with Gasteiger partial charge in [-0.15, -0.1) is 0 Å². The second kappa shape index (κ2) is 4.59. The summed E-state index contributed by atoms with van der Waals surface area (Å²) in [5.74, 6) is -3.79. The van der Waals surface area contributed by atoms with Crippen molar-refractivity contribution in [1.29, 1.82) is 0 Å². The van der Waals surface area contributed by atoms with Crippen LogP contribution in [0.25, 0.3) is 0 Å². The Morgan fingerprint density at radius 3 is 2.05 bits per heavy atom. The van der Waals surface area contributed by atoms with Gasteiger partial charge in [0.2, 0.25) is 0 Å². The van der Waals surface area contributed by atoms with Crippen LogP contribution in [-0.2, 0) is 0 Å². The van der Waals surface area contributed by atoms with Gasteiger partial charge in [-0.05, 0) is 28.1 Å². The van der Waals surface area contributed by atoms with E-state index in [0.29, 0.717) is 0 Å². The van der Waals surface area contributed by atoms with Crippen LogP contribution in [0.1, 0.15) is 32.2 Å². The molecule has 1 aliphatic carbocycles. The molecule has 20 heavy (non-hydrogen) atoms. The molecule has 1 aliphatic rings. The van der Waals surface area contributed by atoms with Gasteiger partial charge >= 0.3 is 0 Å². The summed E-state index contributed by atoms with van der Waals surface area (Å²) in [6.07, 6.45) is 0. The number of fused-ring (bicyclic) bond motifs is 1. The Hall–Kier alpha value is -1.88. The first-order valence-corrected chi connectivity index (χ1v) is 6.62. The first-order chi connectivity index (χ1) is 9.50. The Morgan fingerprint density at radius 1 is 0.950 bits per heavy atom. The van der Waals surface area contributed by atoms with Crippen LogP contribution in [0, 0.1) is 11.6 Å². The van der Waals surface area contributed by atoms with Crippen LogP contribution in [0.3, 0.4) is 0 Å². The van der Waals surface area contributed by atoms with Crippen molar-refractivity contribution in [3.63, 3.8) is 0 Å². The van der Waals surface area contributed by atoms with Gasteiger partial charge in [-0.1, -0.05) is 24.3 Å². The number of carbonyl (C=O) groups excluding carboxylic acids is 2. The van der Waals surface area contributed by atoms with E-state index in [9.17, 15) is 18.4 Å². The maximum absolute atomic E-state index is 14.1. The highest BCUT2D eigenvalue weighted by Crippen LogP contribution is 2.36. The minimum atomic E-state index is -1.31. The minimum Gasteiger partial charge on any atom is -0.293 e. The summed E-state index contributed by atoms with van der Waals surface area (Å²) in [4.78, 5) is 24.5. The fourth-order valence-corrected chi connectivity index (χ4v) is 2.86. The lowest BCUT2D eigenvalue weighted by Gasteiger charge is -2.10. The fraction of sp³-hybridized carbons (Fsp3) is 0.0667. The molecule has 0 atom stereocenters. The number of halogens is 3. The zero-order valence-corrected chi connectivity index (χ0v) is 11.6. The van der Waals surface area contributed by atoms with Crippen molar-refractivity contribution in [3.8, 4) is 0 Å². The number of carbonyl (C=O) groups is 2. The molecule has 0 bridgehead atoms. The lowest BCUT2D eigenvalue weighted by atomic mass is 9.93. The van der Waals surface area contributed by atoms with Crippen LogP contribution in [-0.4, -0.2) is 11.6 Å². The van der Waals surface area contributed by atoms with Crippen molar-refractivity contribution in [1.82, 2.24) is 0 Å². The normalized spacial score (nSPS) is 14.8. The third kappa shape index (κ3) is 1.81. The van der Waals surface area contributed by atoms with Crippen molar-refractivity contribution in [2.75, 3.05) is 0 Å². The van der Waals surface area contributed by atoms with Gasteiger partial charge in [0.15, 0.2) is 11.6 Å². The summed E-state index contributed by atoms with van der Waals surface area (Å²) in [5.41, 5.74) is 0.271. The largest absolute Gasteiger partial charge is 0.293 e. The molecule has 0 saturated carbocycles. The number of hydrogen-bond acceptors (Lipinski definition) is 2. The molecular weight excluding hydrogens is 330 g/mol. The quantitative estimate of drug-likeness (QED) is 0.584. The summed E-state index contributed by atoms with van der Waals surface area (Å²) in [7, 11) is 0. The predicted octanol–water partition coefficient (Wildman–Crippen LogP) is 3.89. The van der Waals surface area contributed by atoms with Crippen LogP contribution in [0.2, 0.25) is 0 Å². The molecule has 100 valence electrons. The number of ketones is 2. The molecule has 0 radical (unpaired) electrons. The Morgan fingerprint density at radius 2 is 1.50 bits per heavy atom. The molecule has 5 heteroatoms. The number of rotatable bonds is 1. The van der Waals surface area contributed by atoms with Gasteiger partial charge < -0.3 is 0 Å². The topological polar surface area (TPSA) is 34.1 Å². The molecule has 3 rings (SSSR count). The highest BCUT2D eigenvalue weighted by molar-refractivity contribution is 9.10. The molecule has 0 fully saturated rings. The molecule has 2 aromatic carbocycles. The van der Waals surface area contributed by atoms with Crippen LogP contribution < -0.4 is 0 Å². The van der Waals surface area contributed by atoms with Crippen molar-refractivity contribution < 1.29 is 18.4 Å². The van der Waals surface area contributed by atoms with Crippen LogP contribution in [0.4, 0.5) is 8.78 Å². The van der Waals surface area contributed by atoms with Gasteiger partial charge in [-0.25, -0.2) is 8.78 Å². The second-order valence-corrected chi connectivity index (χ2v) is 5.35. The van der Waals surface area contributed by atoms with E-state index >= 15 is 0 Å². The molecule has 2 nitrogen and oxygen atoms in total. The summed E-state index contributed by atoms with van der Waals surface area (Å²) < 4.78 is 27.4. The van der Waals surface area contributed by atoms with E-state index in [2.05, 4.69) is 15.9 Å². The summed E-state index contributed by atoms with van der Waals surface area (Å²) in [5, 5.41) is 0. The van der Waals surface area contributed by atoms with Crippen LogP contribution in [0.15, 0.2) is 40.9 Å². The molecule has 2 aromatic rings. The van der Waals surface area contributed by atoms with E-state index < -0.39 is 29.1 Å². The highest BCUT2D eigenvalue weighted by Gasteiger charge is 2.41.